The molecule has 4 nitrogen and oxygen atoms in total. The molecule has 0 bridgehead atoms. The molecule has 0 aliphatic carbocycles. The number of carbonyl (C=O) groups is 1. The maximum atomic E-state index is 13.0. The largest absolute Gasteiger partial charge is 0.446 e. The number of hydrogen-bond acceptors (Lipinski definition) is 3. The topological polar surface area (TPSA) is 32.8 Å². The Bertz CT molecular complexity index is 595. The predicted octanol–water partition coefficient (Wildman–Crippen LogP) is 10.5. The van der Waals surface area contributed by atoms with E-state index in [1.54, 1.807) is 0 Å². The normalized spacial score (nSPS) is 15.1. The van der Waals surface area contributed by atoms with Crippen molar-refractivity contribution in [2.24, 2.45) is 0 Å². The molecule has 1 aliphatic heterocycles. The first-order chi connectivity index (χ1) is 19.2. The fourth-order valence-electron chi connectivity index (χ4n) is 5.34. The van der Waals surface area contributed by atoms with Gasteiger partial charge in [0.2, 0.25) is 0 Å². The Kier molecular flexibility index (Phi) is 24.7. The molecule has 39 heavy (non-hydrogen) atoms. The number of likely N-dealkylation sites (tertiary alicyclic amines) is 1. The zero-order valence-corrected chi connectivity index (χ0v) is 26.5. The number of carbonyl (C=O) groups excluding carboxylic acids is 1. The summed E-state index contributed by atoms with van der Waals surface area (Å²) in [6.07, 6.45) is 36.7. The van der Waals surface area contributed by atoms with Gasteiger partial charge in [0, 0.05) is 26.2 Å². The number of unbranched alkanes of at least 4 members (excludes halogenated alkanes) is 16. The molecule has 0 saturated carbocycles. The van der Waals surface area contributed by atoms with Gasteiger partial charge in [-0.3, -0.25) is 0 Å². The van der Waals surface area contributed by atoms with Crippen molar-refractivity contribution in [3.8, 4) is 0 Å². The third kappa shape index (κ3) is 22.1. The molecule has 0 unspecified atom stereocenters. The van der Waals surface area contributed by atoms with Crippen molar-refractivity contribution in [2.45, 2.75) is 161 Å². The van der Waals surface area contributed by atoms with Gasteiger partial charge in [0.1, 0.15) is 6.10 Å². The van der Waals surface area contributed by atoms with Gasteiger partial charge < -0.3 is 14.5 Å². The smallest absolute Gasteiger partial charge is 0.410 e. The van der Waals surface area contributed by atoms with E-state index in [-0.39, 0.29) is 12.2 Å². The molecule has 0 aromatic rings. The van der Waals surface area contributed by atoms with Crippen molar-refractivity contribution >= 4 is 6.09 Å². The molecule has 0 aromatic heterocycles. The first kappa shape index (κ1) is 35.7. The van der Waals surface area contributed by atoms with Gasteiger partial charge in [-0.2, -0.15) is 0 Å². The van der Waals surface area contributed by atoms with E-state index in [1.165, 1.54) is 109 Å². The van der Waals surface area contributed by atoms with Crippen LogP contribution in [-0.2, 0) is 4.74 Å². The summed E-state index contributed by atoms with van der Waals surface area (Å²) < 4.78 is 5.95. The molecule has 1 saturated heterocycles. The van der Waals surface area contributed by atoms with Gasteiger partial charge in [-0.05, 0) is 64.8 Å². The molecule has 1 aliphatic rings. The minimum atomic E-state index is -0.0601. The van der Waals surface area contributed by atoms with Gasteiger partial charge in [0.15, 0.2) is 0 Å². The van der Waals surface area contributed by atoms with Crippen molar-refractivity contribution in [1.29, 1.82) is 0 Å². The summed E-state index contributed by atoms with van der Waals surface area (Å²) in [6.45, 7) is 8.31. The van der Waals surface area contributed by atoms with E-state index >= 15 is 0 Å². The van der Waals surface area contributed by atoms with Gasteiger partial charge in [-0.25, -0.2) is 4.79 Å². The highest BCUT2D eigenvalue weighted by Crippen LogP contribution is 2.16. The van der Waals surface area contributed by atoms with E-state index < -0.39 is 0 Å². The Morgan fingerprint density at radius 3 is 1.64 bits per heavy atom. The van der Waals surface area contributed by atoms with E-state index in [0.29, 0.717) is 0 Å². The van der Waals surface area contributed by atoms with E-state index in [4.69, 9.17) is 4.74 Å². The van der Waals surface area contributed by atoms with Crippen molar-refractivity contribution in [3.63, 3.8) is 0 Å². The highest BCUT2D eigenvalue weighted by atomic mass is 16.6. The van der Waals surface area contributed by atoms with Gasteiger partial charge >= 0.3 is 6.09 Å². The number of rotatable bonds is 25. The van der Waals surface area contributed by atoms with Crippen LogP contribution in [0.3, 0.4) is 0 Å². The maximum Gasteiger partial charge on any atom is 0.410 e. The predicted molar refractivity (Wildman–Crippen MR) is 171 cm³/mol. The van der Waals surface area contributed by atoms with Crippen LogP contribution in [0.1, 0.15) is 155 Å². The summed E-state index contributed by atoms with van der Waals surface area (Å²) >= 11 is 0. The number of hydrogen-bond donors (Lipinski definition) is 0. The molecule has 228 valence electrons. The number of piperidine rings is 1. The molecule has 1 heterocycles. The van der Waals surface area contributed by atoms with E-state index in [2.05, 4.69) is 50.1 Å². The Morgan fingerprint density at radius 2 is 1.10 bits per heavy atom. The van der Waals surface area contributed by atoms with Crippen molar-refractivity contribution in [3.05, 3.63) is 24.3 Å². The highest BCUT2D eigenvalue weighted by Gasteiger charge is 2.23. The van der Waals surface area contributed by atoms with Crippen molar-refractivity contribution in [2.75, 3.05) is 33.2 Å². The van der Waals surface area contributed by atoms with Crippen LogP contribution in [0.5, 0.6) is 0 Å². The SMILES string of the molecule is CCCCC/C=C\C/C=C\CCCCCCCCN(CCCCCCCCCC)C(=O)OC1CCN(C)CC1. The van der Waals surface area contributed by atoms with Gasteiger partial charge in [0.25, 0.3) is 0 Å². The molecule has 4 heteroatoms. The third-order valence-electron chi connectivity index (χ3n) is 8.10. The molecule has 0 spiro atoms. The molecule has 1 amide bonds. The van der Waals surface area contributed by atoms with Gasteiger partial charge in [0.05, 0.1) is 0 Å². The Balaban J connectivity index is 2.17. The van der Waals surface area contributed by atoms with Crippen LogP contribution >= 0.6 is 0 Å². The van der Waals surface area contributed by atoms with Crippen LogP contribution in [0.4, 0.5) is 4.79 Å². The molecule has 1 fully saturated rings. The second-order valence-corrected chi connectivity index (χ2v) is 11.9. The summed E-state index contributed by atoms with van der Waals surface area (Å²) in [5, 5.41) is 0. The quantitative estimate of drug-likeness (QED) is 0.0843. The average molecular weight is 547 g/mol. The van der Waals surface area contributed by atoms with Gasteiger partial charge in [-0.15, -0.1) is 0 Å². The minimum absolute atomic E-state index is 0.0601. The van der Waals surface area contributed by atoms with Crippen LogP contribution in [0.2, 0.25) is 0 Å². The second kappa shape index (κ2) is 26.9. The van der Waals surface area contributed by atoms with E-state index in [9.17, 15) is 4.79 Å². The van der Waals surface area contributed by atoms with Crippen LogP contribution in [-0.4, -0.2) is 55.2 Å². The lowest BCUT2D eigenvalue weighted by Gasteiger charge is -2.31. The Hall–Kier alpha value is -1.29. The second-order valence-electron chi connectivity index (χ2n) is 11.9. The zero-order chi connectivity index (χ0) is 28.2. The molecule has 0 atom stereocenters. The third-order valence-corrected chi connectivity index (χ3v) is 8.10. The highest BCUT2D eigenvalue weighted by molar-refractivity contribution is 5.67. The van der Waals surface area contributed by atoms with Crippen molar-refractivity contribution in [1.82, 2.24) is 9.80 Å². The van der Waals surface area contributed by atoms with Crippen LogP contribution in [0.25, 0.3) is 0 Å². The van der Waals surface area contributed by atoms with E-state index in [0.717, 1.165) is 58.3 Å². The minimum Gasteiger partial charge on any atom is -0.446 e. The van der Waals surface area contributed by atoms with Gasteiger partial charge in [-0.1, -0.05) is 122 Å². The summed E-state index contributed by atoms with van der Waals surface area (Å²) in [6, 6.07) is 0. The fraction of sp³-hybridized carbons (Fsp3) is 0.857. The monoisotopic (exact) mass is 547 g/mol. The molecule has 1 rings (SSSR count). The fourth-order valence-corrected chi connectivity index (χ4v) is 5.34. The summed E-state index contributed by atoms with van der Waals surface area (Å²) in [5.41, 5.74) is 0. The first-order valence-corrected chi connectivity index (χ1v) is 17.1. The summed E-state index contributed by atoms with van der Waals surface area (Å²) in [7, 11) is 2.15. The van der Waals surface area contributed by atoms with Crippen LogP contribution < -0.4 is 0 Å². The molecule has 0 N–H and O–H groups in total. The van der Waals surface area contributed by atoms with Crippen molar-refractivity contribution < 1.29 is 9.53 Å². The first-order valence-electron chi connectivity index (χ1n) is 17.1. The lowest BCUT2D eigenvalue weighted by atomic mass is 10.1. The Labute approximate surface area is 244 Å². The average Bonchev–Trinajstić information content (AvgIpc) is 2.94. The Morgan fingerprint density at radius 1 is 0.667 bits per heavy atom. The lowest BCUT2D eigenvalue weighted by Crippen LogP contribution is -2.40. The maximum absolute atomic E-state index is 13.0. The summed E-state index contributed by atoms with van der Waals surface area (Å²) in [5.74, 6) is 0. The van der Waals surface area contributed by atoms with Crippen LogP contribution in [0, 0.1) is 0 Å². The standard InChI is InChI=1S/C35H66N2O2/c1-4-6-8-10-12-14-15-16-17-18-19-20-21-23-25-27-31-37(30-26-24-22-13-11-9-7-5-2)35(38)39-34-28-32-36(3)33-29-34/h12,14,16-17,34H,4-11,13,15,18-33H2,1-3H3/b14-12-,17-16-. The van der Waals surface area contributed by atoms with Crippen LogP contribution in [0.15, 0.2) is 24.3 Å². The number of allylic oxidation sites excluding steroid dienone is 4. The number of amides is 1. The lowest BCUT2D eigenvalue weighted by molar-refractivity contribution is 0.0323. The summed E-state index contributed by atoms with van der Waals surface area (Å²) in [4.78, 5) is 17.4. The molecule has 0 radical (unpaired) electrons. The number of nitrogens with zero attached hydrogens (tertiary/aromatic N) is 2. The molecular formula is C35H66N2O2. The zero-order valence-electron chi connectivity index (χ0n) is 26.5. The molecular weight excluding hydrogens is 480 g/mol. The number of ether oxygens (including phenoxy) is 1. The van der Waals surface area contributed by atoms with E-state index in [1.807, 2.05) is 4.90 Å². The molecule has 0 aromatic carbocycles.